The fourth-order valence-electron chi connectivity index (χ4n) is 2.40. The Balaban J connectivity index is 1.95. The number of aliphatic hydroxyl groups is 2. The molecule has 0 aromatic heterocycles. The molecule has 0 bridgehead atoms. The maximum Gasteiger partial charge on any atom is 0.0474 e. The molecule has 0 aromatic carbocycles. The van der Waals surface area contributed by atoms with Gasteiger partial charge in [-0.1, -0.05) is 19.3 Å². The third-order valence-electron chi connectivity index (χ3n) is 3.39. The van der Waals surface area contributed by atoms with E-state index in [1.807, 2.05) is 0 Å². The second kappa shape index (κ2) is 8.08. The molecule has 15 heavy (non-hydrogen) atoms. The summed E-state index contributed by atoms with van der Waals surface area (Å²) < 4.78 is 0. The van der Waals surface area contributed by atoms with Crippen LogP contribution < -0.4 is 5.32 Å². The molecule has 3 nitrogen and oxygen atoms in total. The van der Waals surface area contributed by atoms with Gasteiger partial charge in [0.2, 0.25) is 0 Å². The van der Waals surface area contributed by atoms with E-state index < -0.39 is 0 Å². The second-order valence-corrected chi connectivity index (χ2v) is 4.57. The highest BCUT2D eigenvalue weighted by molar-refractivity contribution is 4.82. The summed E-state index contributed by atoms with van der Waals surface area (Å²) in [6.45, 7) is 1.72. The Kier molecular flexibility index (Phi) is 6.98. The lowest BCUT2D eigenvalue weighted by atomic mass is 10.0. The summed E-state index contributed by atoms with van der Waals surface area (Å²) in [5, 5.41) is 21.3. The first-order chi connectivity index (χ1) is 7.38. The van der Waals surface area contributed by atoms with E-state index in [4.69, 9.17) is 10.2 Å². The predicted octanol–water partition coefficient (Wildman–Crippen LogP) is 1.29. The molecule has 0 amide bonds. The van der Waals surface area contributed by atoms with Crippen LogP contribution >= 0.6 is 0 Å². The summed E-state index contributed by atoms with van der Waals surface area (Å²) in [5.41, 5.74) is 0. The van der Waals surface area contributed by atoms with Gasteiger partial charge in [-0.3, -0.25) is 0 Å². The lowest BCUT2D eigenvalue weighted by molar-refractivity contribution is 0.205. The second-order valence-electron chi connectivity index (χ2n) is 4.57. The lowest BCUT2D eigenvalue weighted by Crippen LogP contribution is -2.34. The van der Waals surface area contributed by atoms with Crippen molar-refractivity contribution in [2.75, 3.05) is 19.8 Å². The summed E-state index contributed by atoms with van der Waals surface area (Å²) in [5.74, 6) is 0.488. The average Bonchev–Trinajstić information content (AvgIpc) is 2.70. The van der Waals surface area contributed by atoms with Gasteiger partial charge in [0.1, 0.15) is 0 Å². The van der Waals surface area contributed by atoms with Crippen molar-refractivity contribution in [2.45, 2.75) is 51.0 Å². The van der Waals surface area contributed by atoms with Crippen LogP contribution in [0.25, 0.3) is 0 Å². The molecule has 1 saturated carbocycles. The molecule has 2 atom stereocenters. The molecule has 3 heteroatoms. The van der Waals surface area contributed by atoms with Gasteiger partial charge in [-0.25, -0.2) is 0 Å². The first-order valence-electron chi connectivity index (χ1n) is 6.33. The van der Waals surface area contributed by atoms with Crippen molar-refractivity contribution in [1.29, 1.82) is 0 Å². The van der Waals surface area contributed by atoms with E-state index in [0.29, 0.717) is 25.2 Å². The molecule has 3 N–H and O–H groups in total. The SMILES string of the molecule is OCCCCCCNC1CCCC1CO. The van der Waals surface area contributed by atoms with Gasteiger partial charge in [-0.05, 0) is 38.1 Å². The van der Waals surface area contributed by atoms with Crippen LogP contribution in [0.5, 0.6) is 0 Å². The van der Waals surface area contributed by atoms with Gasteiger partial charge in [0.25, 0.3) is 0 Å². The molecular weight excluding hydrogens is 190 g/mol. The van der Waals surface area contributed by atoms with E-state index >= 15 is 0 Å². The van der Waals surface area contributed by atoms with Crippen LogP contribution in [-0.4, -0.2) is 36.0 Å². The Morgan fingerprint density at radius 1 is 1.00 bits per heavy atom. The van der Waals surface area contributed by atoms with Gasteiger partial charge < -0.3 is 15.5 Å². The minimum Gasteiger partial charge on any atom is -0.396 e. The van der Waals surface area contributed by atoms with Crippen LogP contribution in [0.2, 0.25) is 0 Å². The Hall–Kier alpha value is -0.120. The molecule has 1 aliphatic carbocycles. The van der Waals surface area contributed by atoms with Gasteiger partial charge in [-0.15, -0.1) is 0 Å². The van der Waals surface area contributed by atoms with Gasteiger partial charge in [0, 0.05) is 19.3 Å². The molecule has 0 aliphatic heterocycles. The van der Waals surface area contributed by atoms with E-state index in [0.717, 1.165) is 19.4 Å². The van der Waals surface area contributed by atoms with E-state index in [1.54, 1.807) is 0 Å². The van der Waals surface area contributed by atoms with Crippen molar-refractivity contribution >= 4 is 0 Å². The number of hydrogen-bond donors (Lipinski definition) is 3. The predicted molar refractivity (Wildman–Crippen MR) is 61.8 cm³/mol. The molecule has 1 aliphatic rings. The Morgan fingerprint density at radius 2 is 1.80 bits per heavy atom. The molecule has 0 aromatic rings. The smallest absolute Gasteiger partial charge is 0.0474 e. The van der Waals surface area contributed by atoms with Gasteiger partial charge in [0.05, 0.1) is 0 Å². The van der Waals surface area contributed by atoms with E-state index in [1.165, 1.54) is 32.1 Å². The normalized spacial score (nSPS) is 26.0. The van der Waals surface area contributed by atoms with Crippen LogP contribution in [-0.2, 0) is 0 Å². The van der Waals surface area contributed by atoms with E-state index in [2.05, 4.69) is 5.32 Å². The maximum atomic E-state index is 9.14. The fraction of sp³-hybridized carbons (Fsp3) is 1.00. The van der Waals surface area contributed by atoms with Gasteiger partial charge >= 0.3 is 0 Å². The Morgan fingerprint density at radius 3 is 2.53 bits per heavy atom. The van der Waals surface area contributed by atoms with Crippen LogP contribution in [0.3, 0.4) is 0 Å². The van der Waals surface area contributed by atoms with Crippen molar-refractivity contribution < 1.29 is 10.2 Å². The summed E-state index contributed by atoms with van der Waals surface area (Å²) in [6, 6.07) is 0.549. The average molecular weight is 215 g/mol. The topological polar surface area (TPSA) is 52.5 Å². The molecule has 0 spiro atoms. The molecule has 0 saturated heterocycles. The molecule has 1 fully saturated rings. The lowest BCUT2D eigenvalue weighted by Gasteiger charge is -2.18. The fourth-order valence-corrected chi connectivity index (χ4v) is 2.40. The van der Waals surface area contributed by atoms with Crippen LogP contribution in [0.4, 0.5) is 0 Å². The summed E-state index contributed by atoms with van der Waals surface area (Å²) in [6.07, 6.45) is 8.11. The van der Waals surface area contributed by atoms with Crippen LogP contribution in [0.15, 0.2) is 0 Å². The van der Waals surface area contributed by atoms with Gasteiger partial charge in [0.15, 0.2) is 0 Å². The third-order valence-corrected chi connectivity index (χ3v) is 3.39. The molecule has 90 valence electrons. The Labute approximate surface area is 92.9 Å². The first-order valence-corrected chi connectivity index (χ1v) is 6.33. The van der Waals surface area contributed by atoms with E-state index in [9.17, 15) is 0 Å². The Bertz CT molecular complexity index is 153. The highest BCUT2D eigenvalue weighted by atomic mass is 16.3. The summed E-state index contributed by atoms with van der Waals surface area (Å²) >= 11 is 0. The maximum absolute atomic E-state index is 9.14. The molecular formula is C12H25NO2. The molecule has 0 radical (unpaired) electrons. The van der Waals surface area contributed by atoms with Crippen LogP contribution in [0, 0.1) is 5.92 Å². The number of rotatable bonds is 8. The number of aliphatic hydroxyl groups excluding tert-OH is 2. The quantitative estimate of drug-likeness (QED) is 0.535. The minimum absolute atomic E-state index is 0.322. The molecule has 2 unspecified atom stereocenters. The van der Waals surface area contributed by atoms with Crippen molar-refractivity contribution in [3.05, 3.63) is 0 Å². The van der Waals surface area contributed by atoms with E-state index in [-0.39, 0.29) is 0 Å². The van der Waals surface area contributed by atoms with Gasteiger partial charge in [-0.2, -0.15) is 0 Å². The highest BCUT2D eigenvalue weighted by Gasteiger charge is 2.25. The van der Waals surface area contributed by atoms with Crippen molar-refractivity contribution in [3.63, 3.8) is 0 Å². The zero-order valence-electron chi connectivity index (χ0n) is 9.62. The highest BCUT2D eigenvalue weighted by Crippen LogP contribution is 2.24. The van der Waals surface area contributed by atoms with Crippen LogP contribution in [0.1, 0.15) is 44.9 Å². The first kappa shape index (κ1) is 12.9. The largest absolute Gasteiger partial charge is 0.396 e. The van der Waals surface area contributed by atoms with Crippen molar-refractivity contribution in [1.82, 2.24) is 5.32 Å². The van der Waals surface area contributed by atoms with Crippen molar-refractivity contribution in [3.8, 4) is 0 Å². The number of hydrogen-bond acceptors (Lipinski definition) is 3. The number of unbranched alkanes of at least 4 members (excludes halogenated alkanes) is 3. The third kappa shape index (κ3) is 4.96. The zero-order chi connectivity index (χ0) is 10.9. The zero-order valence-corrected chi connectivity index (χ0v) is 9.62. The standard InChI is InChI=1S/C12H25NO2/c14-9-4-2-1-3-8-13-12-7-5-6-11(12)10-15/h11-15H,1-10H2. The molecule has 0 heterocycles. The summed E-state index contributed by atoms with van der Waals surface area (Å²) in [4.78, 5) is 0. The minimum atomic E-state index is 0.322. The number of nitrogens with one attached hydrogen (secondary N) is 1. The summed E-state index contributed by atoms with van der Waals surface area (Å²) in [7, 11) is 0. The monoisotopic (exact) mass is 215 g/mol. The van der Waals surface area contributed by atoms with Crippen molar-refractivity contribution in [2.24, 2.45) is 5.92 Å². The molecule has 1 rings (SSSR count).